The third kappa shape index (κ3) is 3.88. The summed E-state index contributed by atoms with van der Waals surface area (Å²) >= 11 is 0. The molecule has 12 unspecified atom stereocenters. The van der Waals surface area contributed by atoms with Crippen molar-refractivity contribution in [2.75, 3.05) is 13.2 Å². The van der Waals surface area contributed by atoms with Crippen molar-refractivity contribution in [3.8, 4) is 0 Å². The van der Waals surface area contributed by atoms with Gasteiger partial charge in [-0.25, -0.2) is 4.79 Å². The third-order valence-corrected chi connectivity index (χ3v) is 12.4. The van der Waals surface area contributed by atoms with E-state index in [0.29, 0.717) is 26.1 Å². The fourth-order valence-corrected chi connectivity index (χ4v) is 10.0. The first-order chi connectivity index (χ1) is 17.9. The Bertz CT molecular complexity index is 971. The Hall–Kier alpha value is -1.03. The number of hydrogen-bond acceptors (Lipinski definition) is 8. The van der Waals surface area contributed by atoms with Gasteiger partial charge in [0.1, 0.15) is 12.7 Å². The van der Waals surface area contributed by atoms with Crippen LogP contribution >= 0.6 is 0 Å². The number of aliphatic hydroxyl groups is 4. The SMILES string of the molecule is CC1OC(OCC2CCC3(C)C4CCC5(C)C(C6=CC(=O)OC6)CCC5(O)C4CCC3(O)C2)CC(O)C1O. The van der Waals surface area contributed by atoms with E-state index in [-0.39, 0.29) is 46.9 Å². The molecule has 8 heteroatoms. The fourth-order valence-electron chi connectivity index (χ4n) is 10.0. The standard InChI is InChI=1S/C30H46O8/c1-17-26(33)23(31)13-25(38-17)37-15-18-4-8-27(2)21-5-9-28(3)20(19-12-24(32)36-16-19)7-11-30(28,35)22(21)6-10-29(27,34)14-18/h12,17-18,20-23,25-26,31,33-35H,4-11,13-16H2,1-3H3. The molecule has 0 bridgehead atoms. The van der Waals surface area contributed by atoms with Crippen molar-refractivity contribution in [3.63, 3.8) is 0 Å². The predicted octanol–water partition coefficient (Wildman–Crippen LogP) is 2.85. The van der Waals surface area contributed by atoms with Gasteiger partial charge >= 0.3 is 5.97 Å². The fraction of sp³-hybridized carbons (Fsp3) is 0.900. The van der Waals surface area contributed by atoms with E-state index in [1.165, 1.54) is 0 Å². The Morgan fingerprint density at radius 3 is 2.45 bits per heavy atom. The van der Waals surface area contributed by atoms with Gasteiger partial charge in [0.05, 0.1) is 30.0 Å². The van der Waals surface area contributed by atoms with Gasteiger partial charge < -0.3 is 34.6 Å². The van der Waals surface area contributed by atoms with Crippen LogP contribution in [0.4, 0.5) is 0 Å². The minimum absolute atomic E-state index is 0.146. The van der Waals surface area contributed by atoms with Gasteiger partial charge in [-0.1, -0.05) is 13.8 Å². The van der Waals surface area contributed by atoms with Crippen molar-refractivity contribution in [2.45, 2.75) is 121 Å². The number of cyclic esters (lactones) is 1. The lowest BCUT2D eigenvalue weighted by atomic mass is 9.41. The molecule has 0 aromatic carbocycles. The lowest BCUT2D eigenvalue weighted by Crippen LogP contribution is -2.67. The highest BCUT2D eigenvalue weighted by Crippen LogP contribution is 2.70. The average Bonchev–Trinajstić information content (AvgIpc) is 3.41. The monoisotopic (exact) mass is 534 g/mol. The van der Waals surface area contributed by atoms with Crippen molar-refractivity contribution in [3.05, 3.63) is 11.6 Å². The molecular formula is C30H46O8. The van der Waals surface area contributed by atoms with Gasteiger partial charge in [-0.05, 0) is 99.4 Å². The minimum Gasteiger partial charge on any atom is -0.458 e. The van der Waals surface area contributed by atoms with Gasteiger partial charge in [-0.2, -0.15) is 0 Å². The zero-order valence-corrected chi connectivity index (χ0v) is 23.1. The van der Waals surface area contributed by atoms with E-state index in [0.717, 1.165) is 50.5 Å². The van der Waals surface area contributed by atoms with Gasteiger partial charge in [-0.3, -0.25) is 0 Å². The number of hydrogen-bond donors (Lipinski definition) is 4. The molecule has 6 rings (SSSR count). The molecule has 4 saturated carbocycles. The van der Waals surface area contributed by atoms with Crippen molar-refractivity contribution < 1.29 is 39.4 Å². The first-order valence-corrected chi connectivity index (χ1v) is 14.9. The second-order valence-corrected chi connectivity index (χ2v) is 14.0. The molecule has 8 nitrogen and oxygen atoms in total. The Balaban J connectivity index is 1.15. The molecule has 0 aromatic rings. The number of rotatable bonds is 4. The summed E-state index contributed by atoms with van der Waals surface area (Å²) in [5.41, 5.74) is -1.08. The second-order valence-electron chi connectivity index (χ2n) is 14.0. The number of ether oxygens (including phenoxy) is 3. The molecule has 0 amide bonds. The normalized spacial score (nSPS) is 54.5. The Labute approximate surface area is 225 Å². The highest BCUT2D eigenvalue weighted by atomic mass is 16.7. The van der Waals surface area contributed by atoms with Crippen molar-refractivity contribution >= 4 is 5.97 Å². The van der Waals surface area contributed by atoms with Crippen LogP contribution < -0.4 is 0 Å². The zero-order valence-electron chi connectivity index (χ0n) is 23.1. The zero-order chi connectivity index (χ0) is 27.1. The topological polar surface area (TPSA) is 126 Å². The van der Waals surface area contributed by atoms with E-state index in [2.05, 4.69) is 13.8 Å². The first kappa shape index (κ1) is 27.2. The van der Waals surface area contributed by atoms with Crippen LogP contribution in [-0.2, 0) is 19.0 Å². The summed E-state index contributed by atoms with van der Waals surface area (Å²) in [5.74, 6) is 0.516. The van der Waals surface area contributed by atoms with E-state index in [4.69, 9.17) is 14.2 Å². The molecule has 4 aliphatic carbocycles. The number of esters is 1. The predicted molar refractivity (Wildman–Crippen MR) is 138 cm³/mol. The van der Waals surface area contributed by atoms with Crippen LogP contribution in [0.1, 0.15) is 85.0 Å². The lowest BCUT2D eigenvalue weighted by molar-refractivity contribution is -0.266. The highest BCUT2D eigenvalue weighted by molar-refractivity contribution is 5.85. The van der Waals surface area contributed by atoms with Gasteiger partial charge in [0.25, 0.3) is 0 Å². The van der Waals surface area contributed by atoms with E-state index in [1.54, 1.807) is 13.0 Å². The van der Waals surface area contributed by atoms with Gasteiger partial charge in [0.15, 0.2) is 6.29 Å². The van der Waals surface area contributed by atoms with E-state index in [9.17, 15) is 25.2 Å². The largest absolute Gasteiger partial charge is 0.458 e. The van der Waals surface area contributed by atoms with Gasteiger partial charge in [0.2, 0.25) is 0 Å². The third-order valence-electron chi connectivity index (χ3n) is 12.4. The van der Waals surface area contributed by atoms with Crippen LogP contribution in [0, 0.1) is 34.5 Å². The first-order valence-electron chi connectivity index (χ1n) is 14.9. The minimum atomic E-state index is -0.894. The van der Waals surface area contributed by atoms with Crippen molar-refractivity contribution in [1.82, 2.24) is 0 Å². The summed E-state index contributed by atoms with van der Waals surface area (Å²) in [4.78, 5) is 11.8. The molecule has 0 aromatic heterocycles. The quantitative estimate of drug-likeness (QED) is 0.406. The molecule has 214 valence electrons. The smallest absolute Gasteiger partial charge is 0.331 e. The molecule has 1 saturated heterocycles. The second kappa shape index (κ2) is 9.25. The van der Waals surface area contributed by atoms with Crippen LogP contribution in [0.15, 0.2) is 11.6 Å². The molecule has 2 heterocycles. The summed E-state index contributed by atoms with van der Waals surface area (Å²) in [7, 11) is 0. The molecular weight excluding hydrogens is 488 g/mol. The molecule has 0 radical (unpaired) electrons. The summed E-state index contributed by atoms with van der Waals surface area (Å²) in [6.07, 6.45) is 6.63. The molecule has 2 aliphatic heterocycles. The molecule has 5 fully saturated rings. The van der Waals surface area contributed by atoms with Crippen LogP contribution in [-0.4, -0.2) is 75.4 Å². The summed E-state index contributed by atoms with van der Waals surface area (Å²) in [6, 6.07) is 0. The van der Waals surface area contributed by atoms with E-state index < -0.39 is 35.8 Å². The van der Waals surface area contributed by atoms with Gasteiger partial charge in [0, 0.05) is 17.9 Å². The van der Waals surface area contributed by atoms with Crippen molar-refractivity contribution in [2.24, 2.45) is 34.5 Å². The summed E-state index contributed by atoms with van der Waals surface area (Å²) < 4.78 is 17.0. The average molecular weight is 535 g/mol. The van der Waals surface area contributed by atoms with Gasteiger partial charge in [-0.15, -0.1) is 0 Å². The molecule has 6 aliphatic rings. The summed E-state index contributed by atoms with van der Waals surface area (Å²) in [5, 5.41) is 44.6. The Morgan fingerprint density at radius 1 is 1.00 bits per heavy atom. The van der Waals surface area contributed by atoms with Crippen LogP contribution in [0.2, 0.25) is 0 Å². The maximum atomic E-state index is 12.4. The van der Waals surface area contributed by atoms with E-state index in [1.807, 2.05) is 0 Å². The molecule has 0 spiro atoms. The van der Waals surface area contributed by atoms with E-state index >= 15 is 0 Å². The lowest BCUT2D eigenvalue weighted by Gasteiger charge is -2.66. The highest BCUT2D eigenvalue weighted by Gasteiger charge is 2.70. The molecule has 38 heavy (non-hydrogen) atoms. The van der Waals surface area contributed by atoms with Crippen LogP contribution in [0.3, 0.4) is 0 Å². The van der Waals surface area contributed by atoms with Crippen LogP contribution in [0.25, 0.3) is 0 Å². The van der Waals surface area contributed by atoms with Crippen LogP contribution in [0.5, 0.6) is 0 Å². The summed E-state index contributed by atoms with van der Waals surface area (Å²) in [6.45, 7) is 7.05. The maximum absolute atomic E-state index is 12.4. The Morgan fingerprint density at radius 2 is 1.74 bits per heavy atom. The molecule has 4 N–H and O–H groups in total. The Kier molecular flexibility index (Phi) is 6.61. The molecule has 12 atom stereocenters. The van der Waals surface area contributed by atoms with Crippen molar-refractivity contribution in [1.29, 1.82) is 0 Å². The number of carbonyl (C=O) groups excluding carboxylic acids is 1. The number of carbonyl (C=O) groups is 1. The number of fused-ring (bicyclic) bond motifs is 5. The number of aliphatic hydroxyl groups excluding tert-OH is 2. The maximum Gasteiger partial charge on any atom is 0.331 e.